The van der Waals surface area contributed by atoms with E-state index in [2.05, 4.69) is 10.2 Å². The second kappa shape index (κ2) is 6.92. The summed E-state index contributed by atoms with van der Waals surface area (Å²) in [5.41, 5.74) is 2.59. The van der Waals surface area contributed by atoms with Crippen LogP contribution in [-0.4, -0.2) is 26.3 Å². The van der Waals surface area contributed by atoms with E-state index in [4.69, 9.17) is 16.3 Å². The first-order valence-corrected chi connectivity index (χ1v) is 8.60. The molecule has 0 unspecified atom stereocenters. The van der Waals surface area contributed by atoms with Crippen molar-refractivity contribution in [2.45, 2.75) is 26.4 Å². The van der Waals surface area contributed by atoms with Gasteiger partial charge in [0.05, 0.1) is 5.56 Å². The van der Waals surface area contributed by atoms with Crippen LogP contribution in [0.15, 0.2) is 48.8 Å². The van der Waals surface area contributed by atoms with Gasteiger partial charge in [0, 0.05) is 17.6 Å². The number of carbonyl (C=O) groups excluding carboxylic acids is 1. The number of nitrogens with zero attached hydrogens (tertiary/aromatic N) is 3. The molecule has 1 aromatic heterocycles. The highest BCUT2D eigenvalue weighted by Crippen LogP contribution is 2.33. The summed E-state index contributed by atoms with van der Waals surface area (Å²) >= 11 is 6.20. The Morgan fingerprint density at radius 2 is 1.88 bits per heavy atom. The molecule has 0 bridgehead atoms. The quantitative estimate of drug-likeness (QED) is 0.625. The molecule has 0 aliphatic carbocycles. The van der Waals surface area contributed by atoms with Crippen LogP contribution in [0.1, 0.15) is 31.1 Å². The number of benzene rings is 2. The van der Waals surface area contributed by atoms with Gasteiger partial charge in [0.1, 0.15) is 11.9 Å². The van der Waals surface area contributed by atoms with Crippen molar-refractivity contribution in [2.24, 2.45) is 7.05 Å². The van der Waals surface area contributed by atoms with E-state index < -0.39 is 5.60 Å². The Kier molecular flexibility index (Phi) is 4.83. The lowest BCUT2D eigenvalue weighted by atomic mass is 9.97. The number of ether oxygens (including phenoxy) is 1. The number of aryl methyl sites for hydroxylation is 1. The summed E-state index contributed by atoms with van der Waals surface area (Å²) in [7, 11) is 1.87. The molecule has 26 heavy (non-hydrogen) atoms. The number of aromatic nitrogens is 3. The number of esters is 1. The smallest absolute Gasteiger partial charge is 0.338 e. The third kappa shape index (κ3) is 3.94. The highest BCUT2D eigenvalue weighted by atomic mass is 35.5. The van der Waals surface area contributed by atoms with Crippen molar-refractivity contribution in [1.82, 2.24) is 14.8 Å². The number of carbonyl (C=O) groups is 1. The van der Waals surface area contributed by atoms with Crippen LogP contribution in [0.3, 0.4) is 0 Å². The molecule has 2 aromatic carbocycles. The van der Waals surface area contributed by atoms with Gasteiger partial charge >= 0.3 is 5.97 Å². The zero-order valence-corrected chi connectivity index (χ0v) is 15.9. The first kappa shape index (κ1) is 18.1. The maximum Gasteiger partial charge on any atom is 0.338 e. The highest BCUT2D eigenvalue weighted by Gasteiger charge is 2.19. The van der Waals surface area contributed by atoms with Gasteiger partial charge < -0.3 is 9.30 Å². The molecule has 134 valence electrons. The average Bonchev–Trinajstić information content (AvgIpc) is 2.99. The molecule has 0 saturated carbocycles. The molecule has 1 heterocycles. The molecule has 0 atom stereocenters. The lowest BCUT2D eigenvalue weighted by molar-refractivity contribution is 0.00696. The average molecular weight is 370 g/mol. The molecule has 0 N–H and O–H groups in total. The molecule has 0 amide bonds. The third-order valence-corrected chi connectivity index (χ3v) is 3.98. The standard InChI is InChI=1S/C20H20ClN3O2/c1-20(2,3)26-19(25)14-7-5-6-13(10-14)16-9-8-15(21)11-17(16)18-23-22-12-24(18)4/h5-12H,1-4H3. The predicted molar refractivity (Wildman–Crippen MR) is 102 cm³/mol. The number of halogens is 1. The minimum Gasteiger partial charge on any atom is -0.456 e. The maximum absolute atomic E-state index is 12.4. The summed E-state index contributed by atoms with van der Waals surface area (Å²) in [5, 5.41) is 8.73. The van der Waals surface area contributed by atoms with Crippen molar-refractivity contribution in [3.8, 4) is 22.5 Å². The van der Waals surface area contributed by atoms with Gasteiger partial charge in [-0.25, -0.2) is 4.79 Å². The first-order chi connectivity index (χ1) is 12.2. The summed E-state index contributed by atoms with van der Waals surface area (Å²) in [5.74, 6) is 0.346. The van der Waals surface area contributed by atoms with Gasteiger partial charge in [0.25, 0.3) is 0 Å². The molecular formula is C20H20ClN3O2. The van der Waals surface area contributed by atoms with E-state index in [0.717, 1.165) is 16.7 Å². The highest BCUT2D eigenvalue weighted by molar-refractivity contribution is 6.31. The molecule has 3 aromatic rings. The number of hydrogen-bond donors (Lipinski definition) is 0. The van der Waals surface area contributed by atoms with E-state index >= 15 is 0 Å². The summed E-state index contributed by atoms with van der Waals surface area (Å²) < 4.78 is 7.30. The fraction of sp³-hybridized carbons (Fsp3) is 0.250. The lowest BCUT2D eigenvalue weighted by Gasteiger charge is -2.19. The maximum atomic E-state index is 12.4. The molecule has 0 fully saturated rings. The van der Waals surface area contributed by atoms with Crippen molar-refractivity contribution in [1.29, 1.82) is 0 Å². The molecule has 0 radical (unpaired) electrons. The summed E-state index contributed by atoms with van der Waals surface area (Å²) in [4.78, 5) is 12.4. The number of hydrogen-bond acceptors (Lipinski definition) is 4. The van der Waals surface area contributed by atoms with Crippen LogP contribution < -0.4 is 0 Å². The Labute approximate surface area is 157 Å². The molecule has 5 nitrogen and oxygen atoms in total. The fourth-order valence-corrected chi connectivity index (χ4v) is 2.80. The zero-order chi connectivity index (χ0) is 18.9. The molecule has 6 heteroatoms. The molecule has 0 aliphatic heterocycles. The van der Waals surface area contributed by atoms with Gasteiger partial charge in [0.2, 0.25) is 0 Å². The van der Waals surface area contributed by atoms with Gasteiger partial charge in [-0.1, -0.05) is 29.8 Å². The van der Waals surface area contributed by atoms with Gasteiger partial charge in [-0.05, 0) is 56.2 Å². The van der Waals surface area contributed by atoms with Crippen LogP contribution in [0.25, 0.3) is 22.5 Å². The minimum atomic E-state index is -0.544. The number of rotatable bonds is 3. The SMILES string of the molecule is Cn1cnnc1-c1cc(Cl)ccc1-c1cccc(C(=O)OC(C)(C)C)c1. The Bertz CT molecular complexity index is 958. The Morgan fingerprint density at radius 1 is 1.12 bits per heavy atom. The van der Waals surface area contributed by atoms with Crippen molar-refractivity contribution in [2.75, 3.05) is 0 Å². The summed E-state index contributed by atoms with van der Waals surface area (Å²) in [6.07, 6.45) is 1.64. The second-order valence-electron chi connectivity index (χ2n) is 7.04. The summed E-state index contributed by atoms with van der Waals surface area (Å²) in [6, 6.07) is 12.9. The molecular weight excluding hydrogens is 350 g/mol. The van der Waals surface area contributed by atoms with E-state index in [1.807, 2.05) is 68.8 Å². The van der Waals surface area contributed by atoms with Gasteiger partial charge in [-0.15, -0.1) is 10.2 Å². The predicted octanol–water partition coefficient (Wildman–Crippen LogP) is 4.76. The largest absolute Gasteiger partial charge is 0.456 e. The van der Waals surface area contributed by atoms with Gasteiger partial charge in [-0.3, -0.25) is 0 Å². The normalized spacial score (nSPS) is 11.4. The van der Waals surface area contributed by atoms with E-state index in [-0.39, 0.29) is 5.97 Å². The topological polar surface area (TPSA) is 57.0 Å². The van der Waals surface area contributed by atoms with Crippen molar-refractivity contribution in [3.63, 3.8) is 0 Å². The second-order valence-corrected chi connectivity index (χ2v) is 7.47. The van der Waals surface area contributed by atoms with E-state index in [0.29, 0.717) is 16.4 Å². The molecule has 3 rings (SSSR count). The van der Waals surface area contributed by atoms with Gasteiger partial charge in [0.15, 0.2) is 5.82 Å². The van der Waals surface area contributed by atoms with E-state index in [9.17, 15) is 4.79 Å². The fourth-order valence-electron chi connectivity index (χ4n) is 2.63. The Hall–Kier alpha value is -2.66. The van der Waals surface area contributed by atoms with Crippen LogP contribution >= 0.6 is 11.6 Å². The Balaban J connectivity index is 2.07. The van der Waals surface area contributed by atoms with E-state index in [1.54, 1.807) is 12.4 Å². The Morgan fingerprint density at radius 3 is 2.54 bits per heavy atom. The zero-order valence-electron chi connectivity index (χ0n) is 15.2. The van der Waals surface area contributed by atoms with Crippen LogP contribution in [0.2, 0.25) is 5.02 Å². The van der Waals surface area contributed by atoms with Crippen molar-refractivity contribution in [3.05, 3.63) is 59.4 Å². The molecule has 0 saturated heterocycles. The first-order valence-electron chi connectivity index (χ1n) is 8.22. The van der Waals surface area contributed by atoms with Crippen LogP contribution in [0.4, 0.5) is 0 Å². The lowest BCUT2D eigenvalue weighted by Crippen LogP contribution is -2.23. The molecule has 0 aliphatic rings. The van der Waals surface area contributed by atoms with Crippen LogP contribution in [-0.2, 0) is 11.8 Å². The third-order valence-electron chi connectivity index (χ3n) is 3.74. The molecule has 0 spiro atoms. The van der Waals surface area contributed by atoms with Gasteiger partial charge in [-0.2, -0.15) is 0 Å². The monoisotopic (exact) mass is 369 g/mol. The van der Waals surface area contributed by atoms with Crippen LogP contribution in [0.5, 0.6) is 0 Å². The van der Waals surface area contributed by atoms with E-state index in [1.165, 1.54) is 0 Å². The van der Waals surface area contributed by atoms with Crippen molar-refractivity contribution < 1.29 is 9.53 Å². The summed E-state index contributed by atoms with van der Waals surface area (Å²) in [6.45, 7) is 5.54. The van der Waals surface area contributed by atoms with Crippen LogP contribution in [0, 0.1) is 0 Å². The van der Waals surface area contributed by atoms with Crippen molar-refractivity contribution >= 4 is 17.6 Å². The minimum absolute atomic E-state index is 0.353.